The Kier molecular flexibility index (Phi) is 5.62. The van der Waals surface area contributed by atoms with Crippen molar-refractivity contribution in [2.75, 3.05) is 11.9 Å². The van der Waals surface area contributed by atoms with Gasteiger partial charge in [-0.15, -0.1) is 0 Å². The predicted octanol–water partition coefficient (Wildman–Crippen LogP) is 4.28. The lowest BCUT2D eigenvalue weighted by molar-refractivity contribution is -0.115. The van der Waals surface area contributed by atoms with Crippen LogP contribution in [0.15, 0.2) is 48.5 Å². The molecule has 0 aliphatic heterocycles. The number of hydrogen-bond acceptors (Lipinski definition) is 2. The lowest BCUT2D eigenvalue weighted by Crippen LogP contribution is -2.30. The van der Waals surface area contributed by atoms with Gasteiger partial charge in [-0.1, -0.05) is 53.5 Å². The third kappa shape index (κ3) is 4.74. The molecule has 5 heteroatoms. The van der Waals surface area contributed by atoms with Crippen molar-refractivity contribution in [3.63, 3.8) is 0 Å². The van der Waals surface area contributed by atoms with Crippen molar-refractivity contribution < 1.29 is 4.79 Å². The van der Waals surface area contributed by atoms with Crippen LogP contribution in [-0.4, -0.2) is 12.5 Å². The third-order valence-corrected chi connectivity index (χ3v) is 3.64. The lowest BCUT2D eigenvalue weighted by Gasteiger charge is -2.14. The molecule has 1 amide bonds. The Balaban J connectivity index is 1.89. The van der Waals surface area contributed by atoms with Gasteiger partial charge in [-0.05, 0) is 30.7 Å². The standard InChI is InChI=1S/C16H16Cl2N2O/c1-11(12-5-3-2-4-6-12)19-10-16(21)20-15-9-13(17)7-8-14(15)18/h2-9,11,19H,10H2,1H3,(H,20,21)/t11-/m0/s1. The summed E-state index contributed by atoms with van der Waals surface area (Å²) in [5.74, 6) is -0.165. The molecule has 0 saturated carbocycles. The Hall–Kier alpha value is -1.55. The summed E-state index contributed by atoms with van der Waals surface area (Å²) in [4.78, 5) is 11.9. The van der Waals surface area contributed by atoms with Crippen molar-refractivity contribution in [3.05, 3.63) is 64.1 Å². The third-order valence-electron chi connectivity index (χ3n) is 3.07. The number of carbonyl (C=O) groups excluding carboxylic acids is 1. The van der Waals surface area contributed by atoms with Gasteiger partial charge in [0.25, 0.3) is 0 Å². The van der Waals surface area contributed by atoms with Crippen LogP contribution < -0.4 is 10.6 Å². The summed E-state index contributed by atoms with van der Waals surface area (Å²) in [6, 6.07) is 15.0. The van der Waals surface area contributed by atoms with Gasteiger partial charge in [0.05, 0.1) is 17.3 Å². The maximum Gasteiger partial charge on any atom is 0.238 e. The van der Waals surface area contributed by atoms with Crippen LogP contribution in [0.2, 0.25) is 10.0 Å². The zero-order chi connectivity index (χ0) is 15.2. The molecule has 0 aliphatic rings. The average molecular weight is 323 g/mol. The maximum atomic E-state index is 11.9. The summed E-state index contributed by atoms with van der Waals surface area (Å²) in [6.45, 7) is 2.20. The minimum absolute atomic E-state index is 0.0896. The molecule has 0 heterocycles. The van der Waals surface area contributed by atoms with Gasteiger partial charge < -0.3 is 10.6 Å². The van der Waals surface area contributed by atoms with E-state index >= 15 is 0 Å². The smallest absolute Gasteiger partial charge is 0.238 e. The highest BCUT2D eigenvalue weighted by Crippen LogP contribution is 2.25. The van der Waals surface area contributed by atoms with E-state index in [1.807, 2.05) is 37.3 Å². The average Bonchev–Trinajstić information content (AvgIpc) is 2.49. The van der Waals surface area contributed by atoms with Gasteiger partial charge in [-0.25, -0.2) is 0 Å². The Labute approximate surface area is 134 Å². The van der Waals surface area contributed by atoms with Crippen molar-refractivity contribution in [1.29, 1.82) is 0 Å². The molecule has 0 bridgehead atoms. The fourth-order valence-electron chi connectivity index (χ4n) is 1.89. The largest absolute Gasteiger partial charge is 0.324 e. The Bertz CT molecular complexity index is 617. The quantitative estimate of drug-likeness (QED) is 0.862. The minimum atomic E-state index is -0.165. The molecule has 21 heavy (non-hydrogen) atoms. The zero-order valence-corrected chi connectivity index (χ0v) is 13.1. The summed E-state index contributed by atoms with van der Waals surface area (Å²) in [5, 5.41) is 6.89. The molecule has 0 aliphatic carbocycles. The molecule has 2 N–H and O–H groups in total. The first-order chi connectivity index (χ1) is 10.1. The summed E-state index contributed by atoms with van der Waals surface area (Å²) in [5.41, 5.74) is 1.65. The molecule has 0 unspecified atom stereocenters. The van der Waals surface area contributed by atoms with Crippen molar-refractivity contribution in [2.45, 2.75) is 13.0 Å². The molecule has 0 aromatic heterocycles. The highest BCUT2D eigenvalue weighted by atomic mass is 35.5. The van der Waals surface area contributed by atoms with E-state index in [-0.39, 0.29) is 18.5 Å². The first kappa shape index (κ1) is 15.8. The molecular weight excluding hydrogens is 307 g/mol. The van der Waals surface area contributed by atoms with E-state index in [2.05, 4.69) is 10.6 Å². The molecule has 3 nitrogen and oxygen atoms in total. The van der Waals surface area contributed by atoms with Crippen LogP contribution in [0.3, 0.4) is 0 Å². The van der Waals surface area contributed by atoms with Crippen molar-refractivity contribution in [2.24, 2.45) is 0 Å². The van der Waals surface area contributed by atoms with Crippen molar-refractivity contribution >= 4 is 34.8 Å². The molecule has 0 spiro atoms. The number of benzene rings is 2. The summed E-state index contributed by atoms with van der Waals surface area (Å²) in [7, 11) is 0. The van der Waals surface area contributed by atoms with Crippen LogP contribution >= 0.6 is 23.2 Å². The van der Waals surface area contributed by atoms with E-state index in [0.717, 1.165) is 5.56 Å². The van der Waals surface area contributed by atoms with Crippen LogP contribution in [0.5, 0.6) is 0 Å². The number of nitrogens with one attached hydrogen (secondary N) is 2. The van der Waals surface area contributed by atoms with Gasteiger partial charge in [-0.2, -0.15) is 0 Å². The fraction of sp³-hybridized carbons (Fsp3) is 0.188. The van der Waals surface area contributed by atoms with Crippen LogP contribution in [0, 0.1) is 0 Å². The van der Waals surface area contributed by atoms with Gasteiger partial charge in [0, 0.05) is 11.1 Å². The molecule has 2 rings (SSSR count). The molecule has 2 aromatic carbocycles. The predicted molar refractivity (Wildman–Crippen MR) is 88.0 cm³/mol. The summed E-state index contributed by atoms with van der Waals surface area (Å²) in [6.07, 6.45) is 0. The van der Waals surface area contributed by atoms with Gasteiger partial charge in [-0.3, -0.25) is 4.79 Å². The second-order valence-electron chi connectivity index (χ2n) is 4.69. The van der Waals surface area contributed by atoms with Crippen LogP contribution in [0.1, 0.15) is 18.5 Å². The normalized spacial score (nSPS) is 12.0. The number of hydrogen-bond donors (Lipinski definition) is 2. The monoisotopic (exact) mass is 322 g/mol. The van der Waals surface area contributed by atoms with Crippen molar-refractivity contribution in [3.8, 4) is 0 Å². The topological polar surface area (TPSA) is 41.1 Å². The molecule has 1 atom stereocenters. The zero-order valence-electron chi connectivity index (χ0n) is 11.6. The molecule has 2 aromatic rings. The fourth-order valence-corrected chi connectivity index (χ4v) is 2.23. The number of rotatable bonds is 5. The van der Waals surface area contributed by atoms with Crippen molar-refractivity contribution in [1.82, 2.24) is 5.32 Å². The Morgan fingerprint density at radius 2 is 1.86 bits per heavy atom. The van der Waals surface area contributed by atoms with E-state index in [0.29, 0.717) is 15.7 Å². The minimum Gasteiger partial charge on any atom is -0.324 e. The highest BCUT2D eigenvalue weighted by Gasteiger charge is 2.09. The van der Waals surface area contributed by atoms with Gasteiger partial charge in [0.2, 0.25) is 5.91 Å². The highest BCUT2D eigenvalue weighted by molar-refractivity contribution is 6.35. The van der Waals surface area contributed by atoms with E-state index < -0.39 is 0 Å². The van der Waals surface area contributed by atoms with Gasteiger partial charge >= 0.3 is 0 Å². The second-order valence-corrected chi connectivity index (χ2v) is 5.53. The van der Waals surface area contributed by atoms with Crippen LogP contribution in [0.4, 0.5) is 5.69 Å². The maximum absolute atomic E-state index is 11.9. The van der Waals surface area contributed by atoms with Crippen LogP contribution in [0.25, 0.3) is 0 Å². The summed E-state index contributed by atoms with van der Waals surface area (Å²) < 4.78 is 0. The number of anilines is 1. The number of amides is 1. The molecule has 0 saturated heterocycles. The molecule has 0 radical (unpaired) electrons. The first-order valence-electron chi connectivity index (χ1n) is 6.59. The first-order valence-corrected chi connectivity index (χ1v) is 7.35. The Morgan fingerprint density at radius 3 is 2.57 bits per heavy atom. The van der Waals surface area contributed by atoms with E-state index in [9.17, 15) is 4.79 Å². The number of halogens is 2. The van der Waals surface area contributed by atoms with E-state index in [4.69, 9.17) is 23.2 Å². The SMILES string of the molecule is C[C@H](NCC(=O)Nc1cc(Cl)ccc1Cl)c1ccccc1. The lowest BCUT2D eigenvalue weighted by atomic mass is 10.1. The van der Waals surface area contributed by atoms with Gasteiger partial charge in [0.1, 0.15) is 0 Å². The van der Waals surface area contributed by atoms with E-state index in [1.54, 1.807) is 18.2 Å². The Morgan fingerprint density at radius 1 is 1.14 bits per heavy atom. The number of carbonyl (C=O) groups is 1. The van der Waals surface area contributed by atoms with E-state index in [1.165, 1.54) is 0 Å². The van der Waals surface area contributed by atoms with Gasteiger partial charge in [0.15, 0.2) is 0 Å². The van der Waals surface area contributed by atoms with Crippen LogP contribution in [-0.2, 0) is 4.79 Å². The second kappa shape index (κ2) is 7.46. The molecule has 0 fully saturated rings. The molecule has 110 valence electrons. The molecular formula is C16H16Cl2N2O. The summed E-state index contributed by atoms with van der Waals surface area (Å²) >= 11 is 11.9.